The molecule has 1 aliphatic carbocycles. The molecular formula is C27H21N7. The molecule has 2 aliphatic rings. The summed E-state index contributed by atoms with van der Waals surface area (Å²) in [6.45, 7) is 0.689. The van der Waals surface area contributed by atoms with Crippen molar-refractivity contribution < 1.29 is 0 Å². The zero-order valence-corrected chi connectivity index (χ0v) is 18.6. The molecule has 7 heteroatoms. The summed E-state index contributed by atoms with van der Waals surface area (Å²) in [6.07, 6.45) is 9.16. The van der Waals surface area contributed by atoms with Crippen molar-refractivity contribution in [3.63, 3.8) is 0 Å². The molecule has 7 rings (SSSR count). The monoisotopic (exact) mass is 443 g/mol. The molecule has 0 fully saturated rings. The number of rotatable bonds is 3. The van der Waals surface area contributed by atoms with Crippen LogP contribution in [0.4, 0.5) is 17.3 Å². The largest absolute Gasteiger partial charge is 0.338 e. The maximum Gasteiger partial charge on any atom is 0.178 e. The molecule has 7 nitrogen and oxygen atoms in total. The molecule has 1 unspecified atom stereocenters. The van der Waals surface area contributed by atoms with Gasteiger partial charge in [0.05, 0.1) is 17.8 Å². The van der Waals surface area contributed by atoms with Crippen molar-refractivity contribution in [3.05, 3.63) is 114 Å². The molecule has 0 radical (unpaired) electrons. The Morgan fingerprint density at radius 1 is 0.824 bits per heavy atom. The van der Waals surface area contributed by atoms with Gasteiger partial charge in [-0.2, -0.15) is 5.10 Å². The van der Waals surface area contributed by atoms with Gasteiger partial charge in [0.15, 0.2) is 11.6 Å². The summed E-state index contributed by atoms with van der Waals surface area (Å²) < 4.78 is 0. The van der Waals surface area contributed by atoms with Crippen LogP contribution < -0.4 is 9.80 Å². The van der Waals surface area contributed by atoms with E-state index in [4.69, 9.17) is 0 Å². The topological polar surface area (TPSA) is 73.8 Å². The number of hydrogen-bond donors (Lipinski definition) is 1. The lowest BCUT2D eigenvalue weighted by Crippen LogP contribution is -2.30. The van der Waals surface area contributed by atoms with Gasteiger partial charge in [-0.1, -0.05) is 36.4 Å². The Morgan fingerprint density at radius 2 is 1.68 bits per heavy atom. The van der Waals surface area contributed by atoms with Gasteiger partial charge in [-0.05, 0) is 52.1 Å². The first-order valence-corrected chi connectivity index (χ1v) is 11.2. The number of H-pyrrole nitrogens is 1. The summed E-state index contributed by atoms with van der Waals surface area (Å²) in [4.78, 5) is 18.0. The minimum Gasteiger partial charge on any atom is -0.338 e. The van der Waals surface area contributed by atoms with Crippen LogP contribution in [0.5, 0.6) is 0 Å². The van der Waals surface area contributed by atoms with Crippen LogP contribution in [0.25, 0.3) is 11.1 Å². The van der Waals surface area contributed by atoms with Gasteiger partial charge in [0.1, 0.15) is 0 Å². The van der Waals surface area contributed by atoms with E-state index in [0.29, 0.717) is 6.67 Å². The average Bonchev–Trinajstić information content (AvgIpc) is 3.61. The van der Waals surface area contributed by atoms with Gasteiger partial charge in [-0.25, -0.2) is 9.97 Å². The Morgan fingerprint density at radius 3 is 2.56 bits per heavy atom. The molecule has 4 heterocycles. The molecule has 164 valence electrons. The first-order chi connectivity index (χ1) is 16.8. The van der Waals surface area contributed by atoms with Crippen LogP contribution in [-0.4, -0.2) is 38.9 Å². The van der Waals surface area contributed by atoms with E-state index in [-0.39, 0.29) is 0 Å². The molecule has 5 aromatic rings. The van der Waals surface area contributed by atoms with Crippen LogP contribution >= 0.6 is 0 Å². The quantitative estimate of drug-likeness (QED) is 0.434. The third-order valence-electron chi connectivity index (χ3n) is 6.97. The standard InChI is InChI=1S/C27H21N7/c1-33-17-34(26-25(33)29-13-14-30-26)19-6-4-5-18(15-19)27(24-10-12-31-32-24)22-8-3-2-7-20(22)21-9-11-28-16-23(21)27/h2-16H,17H2,1H3,(H,31,32). The van der Waals surface area contributed by atoms with Crippen LogP contribution in [0.2, 0.25) is 0 Å². The SMILES string of the molecule is CN1CN(c2cccc(C3(c4ccn[nH]4)c4ccccc4-c4ccncc43)c2)c2nccnc21. The first-order valence-electron chi connectivity index (χ1n) is 11.2. The van der Waals surface area contributed by atoms with E-state index in [0.717, 1.165) is 34.1 Å². The lowest BCUT2D eigenvalue weighted by Gasteiger charge is -2.32. The summed E-state index contributed by atoms with van der Waals surface area (Å²) in [6, 6.07) is 21.5. The van der Waals surface area contributed by atoms with Crippen molar-refractivity contribution >= 4 is 17.3 Å². The second-order valence-corrected chi connectivity index (χ2v) is 8.71. The Kier molecular flexibility index (Phi) is 3.90. The van der Waals surface area contributed by atoms with Crippen molar-refractivity contribution in [2.24, 2.45) is 0 Å². The van der Waals surface area contributed by atoms with Crippen molar-refractivity contribution in [2.45, 2.75) is 5.41 Å². The molecular weight excluding hydrogens is 422 g/mol. The van der Waals surface area contributed by atoms with Crippen LogP contribution in [0.15, 0.2) is 91.6 Å². The number of benzene rings is 2. The van der Waals surface area contributed by atoms with Gasteiger partial charge in [-0.3, -0.25) is 10.1 Å². The fourth-order valence-corrected chi connectivity index (χ4v) is 5.58. The van der Waals surface area contributed by atoms with Crippen molar-refractivity contribution in [1.29, 1.82) is 0 Å². The van der Waals surface area contributed by atoms with Crippen molar-refractivity contribution in [3.8, 4) is 11.1 Å². The number of hydrogen-bond acceptors (Lipinski definition) is 6. The van der Waals surface area contributed by atoms with Crippen LogP contribution in [0.3, 0.4) is 0 Å². The lowest BCUT2D eigenvalue weighted by molar-refractivity contribution is 0.724. The predicted molar refractivity (Wildman–Crippen MR) is 131 cm³/mol. The molecule has 34 heavy (non-hydrogen) atoms. The number of aromatic nitrogens is 5. The lowest BCUT2D eigenvalue weighted by atomic mass is 9.70. The summed E-state index contributed by atoms with van der Waals surface area (Å²) in [7, 11) is 2.04. The van der Waals surface area contributed by atoms with E-state index >= 15 is 0 Å². The molecule has 0 spiro atoms. The molecule has 1 N–H and O–H groups in total. The van der Waals surface area contributed by atoms with Gasteiger partial charge in [-0.15, -0.1) is 0 Å². The maximum absolute atomic E-state index is 4.63. The zero-order valence-electron chi connectivity index (χ0n) is 18.6. The van der Waals surface area contributed by atoms with E-state index in [9.17, 15) is 0 Å². The summed E-state index contributed by atoms with van der Waals surface area (Å²) in [5, 5.41) is 7.63. The minimum absolute atomic E-state index is 0.552. The van der Waals surface area contributed by atoms with Crippen LogP contribution in [-0.2, 0) is 5.41 Å². The van der Waals surface area contributed by atoms with Crippen LogP contribution in [0.1, 0.15) is 22.4 Å². The second kappa shape index (κ2) is 6.99. The number of pyridine rings is 1. The highest BCUT2D eigenvalue weighted by atomic mass is 15.4. The summed E-state index contributed by atoms with van der Waals surface area (Å²) in [5.74, 6) is 1.75. The molecule has 0 bridgehead atoms. The number of nitrogens with zero attached hydrogens (tertiary/aromatic N) is 6. The highest BCUT2D eigenvalue weighted by Gasteiger charge is 2.47. The average molecular weight is 444 g/mol. The summed E-state index contributed by atoms with van der Waals surface area (Å²) in [5.41, 5.74) is 7.46. The number of fused-ring (bicyclic) bond motifs is 4. The van der Waals surface area contributed by atoms with Crippen molar-refractivity contribution in [1.82, 2.24) is 25.1 Å². The molecule has 2 aromatic carbocycles. The van der Waals surface area contributed by atoms with E-state index in [1.165, 1.54) is 16.7 Å². The van der Waals surface area contributed by atoms with Gasteiger partial charge in [0, 0.05) is 43.7 Å². The fourth-order valence-electron chi connectivity index (χ4n) is 5.58. The third kappa shape index (κ3) is 2.41. The zero-order chi connectivity index (χ0) is 22.7. The maximum atomic E-state index is 4.63. The predicted octanol–water partition coefficient (Wildman–Crippen LogP) is 4.50. The fraction of sp³-hybridized carbons (Fsp3) is 0.111. The number of nitrogens with one attached hydrogen (secondary N) is 1. The molecule has 0 saturated carbocycles. The van der Waals surface area contributed by atoms with Gasteiger partial charge >= 0.3 is 0 Å². The smallest absolute Gasteiger partial charge is 0.178 e. The minimum atomic E-state index is -0.552. The van der Waals surface area contributed by atoms with Gasteiger partial charge in [0.2, 0.25) is 0 Å². The molecule has 0 saturated heterocycles. The highest BCUT2D eigenvalue weighted by Crippen LogP contribution is 2.55. The molecule has 1 atom stereocenters. The Hall–Kier alpha value is -4.52. The van der Waals surface area contributed by atoms with E-state index in [2.05, 4.69) is 95.6 Å². The second-order valence-electron chi connectivity index (χ2n) is 8.71. The first kappa shape index (κ1) is 19.0. The Labute approximate surface area is 196 Å². The summed E-state index contributed by atoms with van der Waals surface area (Å²) >= 11 is 0. The molecule has 3 aromatic heterocycles. The number of anilines is 3. The molecule has 0 amide bonds. The Bertz CT molecular complexity index is 1480. The van der Waals surface area contributed by atoms with E-state index < -0.39 is 5.41 Å². The van der Waals surface area contributed by atoms with Crippen molar-refractivity contribution in [2.75, 3.05) is 23.5 Å². The third-order valence-corrected chi connectivity index (χ3v) is 6.97. The van der Waals surface area contributed by atoms with Gasteiger partial charge < -0.3 is 9.80 Å². The van der Waals surface area contributed by atoms with E-state index in [1.54, 1.807) is 12.4 Å². The normalized spacial score (nSPS) is 18.0. The van der Waals surface area contributed by atoms with Crippen LogP contribution in [0, 0.1) is 0 Å². The Balaban J connectivity index is 1.50. The number of aromatic amines is 1. The molecule has 1 aliphatic heterocycles. The van der Waals surface area contributed by atoms with Gasteiger partial charge in [0.25, 0.3) is 0 Å². The van der Waals surface area contributed by atoms with E-state index in [1.807, 2.05) is 25.6 Å². The highest BCUT2D eigenvalue weighted by molar-refractivity contribution is 5.86.